The summed E-state index contributed by atoms with van der Waals surface area (Å²) in [6, 6.07) is 4.25. The lowest BCUT2D eigenvalue weighted by molar-refractivity contribution is -0.131. The van der Waals surface area contributed by atoms with Crippen molar-refractivity contribution in [2.75, 3.05) is 0 Å². The molecule has 0 atom stereocenters. The zero-order chi connectivity index (χ0) is 9.84. The predicted octanol–water partition coefficient (Wildman–Crippen LogP) is 1.49. The molecule has 0 saturated heterocycles. The molecule has 2 N–H and O–H groups in total. The van der Waals surface area contributed by atoms with Crippen molar-refractivity contribution in [2.45, 2.75) is 0 Å². The Hall–Kier alpha value is -1.77. The van der Waals surface area contributed by atoms with Gasteiger partial charge in [0.15, 0.2) is 0 Å². The first-order valence-corrected chi connectivity index (χ1v) is 3.30. The van der Waals surface area contributed by atoms with Crippen LogP contribution in [0.4, 0.5) is 0 Å². The average molecular weight is 165 g/mol. The lowest BCUT2D eigenvalue weighted by Gasteiger charge is -1.92. The molecule has 0 radical (unpaired) electrons. The molecule has 0 amide bonds. The minimum atomic E-state index is -1.04. The highest BCUT2D eigenvalue weighted by Crippen LogP contribution is 2.10. The van der Waals surface area contributed by atoms with Crippen LogP contribution in [-0.2, 0) is 4.79 Å². The lowest BCUT2D eigenvalue weighted by atomic mass is 10.2. The molecule has 3 heteroatoms. The van der Waals surface area contributed by atoms with Gasteiger partial charge in [-0.1, -0.05) is 12.1 Å². The number of aromatic hydroxyl groups is 1. The Morgan fingerprint density at radius 2 is 2.25 bits per heavy atom. The second-order valence-corrected chi connectivity index (χ2v) is 2.18. The van der Waals surface area contributed by atoms with Crippen molar-refractivity contribution in [1.29, 1.82) is 0 Å². The summed E-state index contributed by atoms with van der Waals surface area (Å²) in [6.07, 6.45) is 2.34. The Morgan fingerprint density at radius 1 is 1.50 bits per heavy atom. The van der Waals surface area contributed by atoms with Crippen molar-refractivity contribution in [1.82, 2.24) is 0 Å². The Morgan fingerprint density at radius 3 is 2.83 bits per heavy atom. The Balaban J connectivity index is 2.92. The van der Waals surface area contributed by atoms with Crippen LogP contribution in [0.3, 0.4) is 0 Å². The molecule has 1 rings (SSSR count). The highest BCUT2D eigenvalue weighted by atomic mass is 16.4. The summed E-state index contributed by atoms with van der Waals surface area (Å²) in [6.45, 7) is 0. The maximum atomic E-state index is 10.1. The number of hydrogen-bond acceptors (Lipinski definition) is 2. The molecular formula is C9H8O3. The van der Waals surface area contributed by atoms with Crippen molar-refractivity contribution in [3.63, 3.8) is 0 Å². The molecule has 0 unspecified atom stereocenters. The fourth-order valence-corrected chi connectivity index (χ4v) is 0.700. The molecule has 0 aliphatic rings. The van der Waals surface area contributed by atoms with Crippen molar-refractivity contribution < 1.29 is 16.4 Å². The van der Waals surface area contributed by atoms with Crippen LogP contribution < -0.4 is 0 Å². The van der Waals surface area contributed by atoms with E-state index >= 15 is 0 Å². The second-order valence-electron chi connectivity index (χ2n) is 2.18. The topological polar surface area (TPSA) is 57.5 Å². The van der Waals surface area contributed by atoms with E-state index in [1.807, 2.05) is 0 Å². The second kappa shape index (κ2) is 3.57. The number of phenolic OH excluding ortho intramolecular Hbond substituents is 1. The smallest absolute Gasteiger partial charge is 0.328 e. The molecule has 1 aromatic rings. The largest absolute Gasteiger partial charge is 0.508 e. The highest BCUT2D eigenvalue weighted by molar-refractivity contribution is 5.85. The predicted molar refractivity (Wildman–Crippen MR) is 44.8 cm³/mol. The van der Waals surface area contributed by atoms with Crippen LogP contribution in [0, 0.1) is 0 Å². The molecule has 0 bridgehead atoms. The van der Waals surface area contributed by atoms with E-state index in [2.05, 4.69) is 0 Å². The van der Waals surface area contributed by atoms with Gasteiger partial charge in [-0.3, -0.25) is 0 Å². The van der Waals surface area contributed by atoms with Gasteiger partial charge in [0, 0.05) is 6.08 Å². The van der Waals surface area contributed by atoms with Gasteiger partial charge in [-0.25, -0.2) is 4.79 Å². The third-order valence-corrected chi connectivity index (χ3v) is 1.24. The fourth-order valence-electron chi connectivity index (χ4n) is 0.700. The van der Waals surface area contributed by atoms with Crippen LogP contribution in [0.15, 0.2) is 30.3 Å². The quantitative estimate of drug-likeness (QED) is 0.653. The van der Waals surface area contributed by atoms with Crippen molar-refractivity contribution >= 4 is 12.0 Å². The van der Waals surface area contributed by atoms with Gasteiger partial charge in [-0.15, -0.1) is 0 Å². The maximum Gasteiger partial charge on any atom is 0.328 e. The van der Waals surface area contributed by atoms with E-state index in [0.29, 0.717) is 5.56 Å². The van der Waals surface area contributed by atoms with Crippen LogP contribution in [0.25, 0.3) is 6.08 Å². The Kier molecular flexibility index (Phi) is 2.06. The summed E-state index contributed by atoms with van der Waals surface area (Å²) in [4.78, 5) is 10.1. The van der Waals surface area contributed by atoms with Gasteiger partial charge in [-0.2, -0.15) is 0 Å². The van der Waals surface area contributed by atoms with Gasteiger partial charge < -0.3 is 10.2 Å². The van der Waals surface area contributed by atoms with Crippen LogP contribution in [0.2, 0.25) is 0 Å². The third kappa shape index (κ3) is 2.46. The van der Waals surface area contributed by atoms with E-state index < -0.39 is 5.97 Å². The fraction of sp³-hybridized carbons (Fsp3) is 0. The van der Waals surface area contributed by atoms with Crippen molar-refractivity contribution in [2.24, 2.45) is 0 Å². The summed E-state index contributed by atoms with van der Waals surface area (Å²) in [7, 11) is 0. The maximum absolute atomic E-state index is 10.1. The minimum absolute atomic E-state index is 0.0208. The van der Waals surface area contributed by atoms with E-state index in [9.17, 15) is 4.79 Å². The van der Waals surface area contributed by atoms with Crippen molar-refractivity contribution in [3.8, 4) is 5.75 Å². The molecule has 0 spiro atoms. The first-order chi connectivity index (χ1) is 6.09. The molecule has 0 saturated carbocycles. The first-order valence-electron chi connectivity index (χ1n) is 3.80. The highest BCUT2D eigenvalue weighted by Gasteiger charge is 1.89. The van der Waals surface area contributed by atoms with Gasteiger partial charge in [-0.05, 0) is 23.7 Å². The third-order valence-electron chi connectivity index (χ3n) is 1.24. The standard InChI is InChI=1S/C9H8O3/c10-8-4-1-7(2-5-8)3-6-9(11)12/h1-6,10H,(H,11,12)/b6-3+/i4D. The molecule has 0 fully saturated rings. The summed E-state index contributed by atoms with van der Waals surface area (Å²) >= 11 is 0. The molecule has 0 aliphatic carbocycles. The zero-order valence-electron chi connectivity index (χ0n) is 7.19. The minimum Gasteiger partial charge on any atom is -0.508 e. The summed E-state index contributed by atoms with van der Waals surface area (Å²) in [5.74, 6) is -1.16. The van der Waals surface area contributed by atoms with E-state index in [4.69, 9.17) is 11.6 Å². The van der Waals surface area contributed by atoms with Crippen LogP contribution in [0.1, 0.15) is 6.93 Å². The molecule has 1 aromatic carbocycles. The molecule has 3 nitrogen and oxygen atoms in total. The molecule has 12 heavy (non-hydrogen) atoms. The number of aliphatic carboxylic acids is 1. The zero-order valence-corrected chi connectivity index (χ0v) is 6.19. The van der Waals surface area contributed by atoms with E-state index in [0.717, 1.165) is 6.08 Å². The van der Waals surface area contributed by atoms with Gasteiger partial charge in [0.2, 0.25) is 0 Å². The van der Waals surface area contributed by atoms with Gasteiger partial charge in [0.05, 0.1) is 1.37 Å². The monoisotopic (exact) mass is 165 g/mol. The van der Waals surface area contributed by atoms with Crippen LogP contribution in [0.5, 0.6) is 5.75 Å². The number of carboxylic acids is 1. The van der Waals surface area contributed by atoms with Gasteiger partial charge >= 0.3 is 5.97 Å². The molecular weight excluding hydrogens is 156 g/mol. The Bertz CT molecular complexity index is 358. The number of rotatable bonds is 2. The van der Waals surface area contributed by atoms with Gasteiger partial charge in [0.1, 0.15) is 5.75 Å². The number of phenols is 1. The van der Waals surface area contributed by atoms with Gasteiger partial charge in [0.25, 0.3) is 0 Å². The summed E-state index contributed by atoms with van der Waals surface area (Å²) in [5, 5.41) is 17.3. The summed E-state index contributed by atoms with van der Waals surface area (Å²) in [5.41, 5.74) is 0.574. The lowest BCUT2D eigenvalue weighted by Crippen LogP contribution is -1.85. The Labute approximate surface area is 71.0 Å². The first kappa shape index (κ1) is 6.91. The van der Waals surface area contributed by atoms with E-state index in [1.54, 1.807) is 0 Å². The van der Waals surface area contributed by atoms with Crippen LogP contribution >= 0.6 is 0 Å². The number of carboxylic acid groups (broad SMARTS) is 1. The number of carbonyl (C=O) groups is 1. The van der Waals surface area contributed by atoms with E-state index in [1.165, 1.54) is 24.3 Å². The SMILES string of the molecule is [2H]c1cc(/C=C/C(=O)O)ccc1O. The van der Waals surface area contributed by atoms with Crippen molar-refractivity contribution in [3.05, 3.63) is 35.9 Å². The van der Waals surface area contributed by atoms with Crippen LogP contribution in [-0.4, -0.2) is 16.2 Å². The molecule has 0 aliphatic heterocycles. The number of hydrogen-bond donors (Lipinski definition) is 2. The molecule has 0 heterocycles. The molecule has 0 aromatic heterocycles. The normalized spacial score (nSPS) is 11.5. The molecule has 62 valence electrons. The average Bonchev–Trinajstić information content (AvgIpc) is 2.07. The summed E-state index contributed by atoms with van der Waals surface area (Å²) < 4.78 is 7.21. The van der Waals surface area contributed by atoms with E-state index in [-0.39, 0.29) is 11.8 Å². The number of benzene rings is 1.